The van der Waals surface area contributed by atoms with Gasteiger partial charge in [0.05, 0.1) is 6.61 Å². The molecule has 3 nitrogen and oxygen atoms in total. The molecule has 0 bridgehead atoms. The SMILES string of the molecule is CC(C)(C)OC(=O)CCCC[O]. The maximum Gasteiger partial charge on any atom is 0.306 e. The summed E-state index contributed by atoms with van der Waals surface area (Å²) in [7, 11) is 0. The van der Waals surface area contributed by atoms with Gasteiger partial charge in [-0.1, -0.05) is 0 Å². The second kappa shape index (κ2) is 5.14. The van der Waals surface area contributed by atoms with Gasteiger partial charge in [0.2, 0.25) is 0 Å². The lowest BCUT2D eigenvalue weighted by atomic mass is 10.2. The van der Waals surface area contributed by atoms with Gasteiger partial charge < -0.3 is 4.74 Å². The first-order valence-corrected chi connectivity index (χ1v) is 4.25. The molecule has 0 rings (SSSR count). The molecule has 0 aromatic heterocycles. The predicted molar refractivity (Wildman–Crippen MR) is 45.2 cm³/mol. The van der Waals surface area contributed by atoms with Crippen molar-refractivity contribution in [3.8, 4) is 0 Å². The van der Waals surface area contributed by atoms with Crippen molar-refractivity contribution in [2.75, 3.05) is 6.61 Å². The van der Waals surface area contributed by atoms with Crippen molar-refractivity contribution in [3.05, 3.63) is 0 Å². The number of carbonyl (C=O) groups excluding carboxylic acids is 1. The van der Waals surface area contributed by atoms with Crippen LogP contribution in [0.15, 0.2) is 0 Å². The van der Waals surface area contributed by atoms with Crippen LogP contribution in [-0.4, -0.2) is 18.2 Å². The molecule has 0 N–H and O–H groups in total. The minimum atomic E-state index is -0.408. The third kappa shape index (κ3) is 7.54. The molecule has 0 aliphatic rings. The van der Waals surface area contributed by atoms with Crippen LogP contribution in [-0.2, 0) is 14.6 Å². The summed E-state index contributed by atoms with van der Waals surface area (Å²) >= 11 is 0. The summed E-state index contributed by atoms with van der Waals surface area (Å²) in [5.74, 6) is -0.212. The Labute approximate surface area is 73.7 Å². The lowest BCUT2D eigenvalue weighted by molar-refractivity contribution is -0.154. The summed E-state index contributed by atoms with van der Waals surface area (Å²) in [6, 6.07) is 0. The highest BCUT2D eigenvalue weighted by atomic mass is 16.6. The average molecular weight is 173 g/mol. The maximum atomic E-state index is 11.0. The normalized spacial score (nSPS) is 11.3. The molecule has 0 aromatic carbocycles. The molecule has 3 heteroatoms. The highest BCUT2D eigenvalue weighted by Crippen LogP contribution is 2.09. The third-order valence-electron chi connectivity index (χ3n) is 1.20. The van der Waals surface area contributed by atoms with E-state index >= 15 is 0 Å². The van der Waals surface area contributed by atoms with Crippen molar-refractivity contribution in [1.29, 1.82) is 0 Å². The van der Waals surface area contributed by atoms with E-state index in [4.69, 9.17) is 4.74 Å². The summed E-state index contributed by atoms with van der Waals surface area (Å²) < 4.78 is 5.04. The fraction of sp³-hybridized carbons (Fsp3) is 0.889. The van der Waals surface area contributed by atoms with Gasteiger partial charge in [-0.3, -0.25) is 4.79 Å². The van der Waals surface area contributed by atoms with Gasteiger partial charge in [0.25, 0.3) is 0 Å². The summed E-state index contributed by atoms with van der Waals surface area (Å²) in [5, 5.41) is 10.0. The summed E-state index contributed by atoms with van der Waals surface area (Å²) in [4.78, 5) is 11.0. The summed E-state index contributed by atoms with van der Waals surface area (Å²) in [6.45, 7) is 5.39. The molecule has 0 fully saturated rings. The van der Waals surface area contributed by atoms with E-state index in [1.165, 1.54) is 0 Å². The predicted octanol–water partition coefficient (Wildman–Crippen LogP) is 1.93. The lowest BCUT2D eigenvalue weighted by Crippen LogP contribution is -2.23. The largest absolute Gasteiger partial charge is 0.460 e. The van der Waals surface area contributed by atoms with Crippen molar-refractivity contribution in [2.45, 2.75) is 45.6 Å². The highest BCUT2D eigenvalue weighted by Gasteiger charge is 2.15. The number of hydrogen-bond acceptors (Lipinski definition) is 2. The third-order valence-corrected chi connectivity index (χ3v) is 1.20. The number of hydrogen-bond donors (Lipinski definition) is 0. The van der Waals surface area contributed by atoms with E-state index in [0.29, 0.717) is 19.3 Å². The standard InChI is InChI=1S/C9H17O3/c1-9(2,3)12-8(11)6-4-5-7-10/h4-7H2,1-3H3. The first-order chi connectivity index (χ1) is 5.45. The van der Waals surface area contributed by atoms with E-state index < -0.39 is 5.60 Å². The smallest absolute Gasteiger partial charge is 0.306 e. The fourth-order valence-electron chi connectivity index (χ4n) is 0.764. The van der Waals surface area contributed by atoms with Gasteiger partial charge in [-0.25, -0.2) is 5.11 Å². The number of ether oxygens (including phenoxy) is 1. The van der Waals surface area contributed by atoms with E-state index in [-0.39, 0.29) is 12.6 Å². The zero-order valence-electron chi connectivity index (χ0n) is 8.05. The van der Waals surface area contributed by atoms with E-state index in [1.807, 2.05) is 20.8 Å². The molecule has 0 aliphatic carbocycles. The second-order valence-corrected chi connectivity index (χ2v) is 3.75. The van der Waals surface area contributed by atoms with Crippen LogP contribution in [0.2, 0.25) is 0 Å². The molecule has 0 amide bonds. The monoisotopic (exact) mass is 173 g/mol. The number of rotatable bonds is 4. The second-order valence-electron chi connectivity index (χ2n) is 3.75. The zero-order chi connectivity index (χ0) is 9.61. The Hall–Kier alpha value is -0.570. The molecule has 0 aliphatic heterocycles. The first kappa shape index (κ1) is 11.4. The van der Waals surface area contributed by atoms with Crippen molar-refractivity contribution in [1.82, 2.24) is 0 Å². The van der Waals surface area contributed by atoms with Gasteiger partial charge in [-0.05, 0) is 33.6 Å². The number of carbonyl (C=O) groups is 1. The van der Waals surface area contributed by atoms with Crippen molar-refractivity contribution >= 4 is 5.97 Å². The van der Waals surface area contributed by atoms with Gasteiger partial charge in [0, 0.05) is 6.42 Å². The molecule has 0 saturated carbocycles. The van der Waals surface area contributed by atoms with E-state index in [1.54, 1.807) is 0 Å². The minimum absolute atomic E-state index is 0.108. The molecular weight excluding hydrogens is 156 g/mol. The topological polar surface area (TPSA) is 46.2 Å². The van der Waals surface area contributed by atoms with E-state index in [9.17, 15) is 9.90 Å². The quantitative estimate of drug-likeness (QED) is 0.481. The maximum absolute atomic E-state index is 11.0. The van der Waals surface area contributed by atoms with Crippen molar-refractivity contribution in [3.63, 3.8) is 0 Å². The van der Waals surface area contributed by atoms with Gasteiger partial charge in [-0.15, -0.1) is 0 Å². The molecule has 71 valence electrons. The van der Waals surface area contributed by atoms with Crippen LogP contribution >= 0.6 is 0 Å². The number of esters is 1. The molecule has 0 unspecified atom stereocenters. The zero-order valence-corrected chi connectivity index (χ0v) is 8.05. The van der Waals surface area contributed by atoms with Crippen LogP contribution in [0.1, 0.15) is 40.0 Å². The molecule has 0 saturated heterocycles. The Kier molecular flexibility index (Phi) is 4.90. The lowest BCUT2D eigenvalue weighted by Gasteiger charge is -2.19. The van der Waals surface area contributed by atoms with Crippen LogP contribution in [0.25, 0.3) is 0 Å². The Morgan fingerprint density at radius 3 is 2.25 bits per heavy atom. The molecule has 0 aromatic rings. The number of unbranched alkanes of at least 4 members (excludes halogenated alkanes) is 1. The van der Waals surface area contributed by atoms with Gasteiger partial charge in [0.15, 0.2) is 0 Å². The molecule has 0 atom stereocenters. The van der Waals surface area contributed by atoms with Gasteiger partial charge >= 0.3 is 5.97 Å². The molecule has 0 spiro atoms. The highest BCUT2D eigenvalue weighted by molar-refractivity contribution is 5.69. The van der Waals surface area contributed by atoms with Crippen LogP contribution in [0, 0.1) is 0 Å². The Bertz CT molecular complexity index is 135. The van der Waals surface area contributed by atoms with Crippen LogP contribution in [0.5, 0.6) is 0 Å². The van der Waals surface area contributed by atoms with E-state index in [0.717, 1.165) is 0 Å². The Balaban J connectivity index is 3.47. The average Bonchev–Trinajstić information content (AvgIpc) is 1.84. The summed E-state index contributed by atoms with van der Waals surface area (Å²) in [5.41, 5.74) is -0.408. The minimum Gasteiger partial charge on any atom is -0.460 e. The Morgan fingerprint density at radius 2 is 1.83 bits per heavy atom. The molecule has 1 radical (unpaired) electrons. The van der Waals surface area contributed by atoms with E-state index in [2.05, 4.69) is 0 Å². The fourth-order valence-corrected chi connectivity index (χ4v) is 0.764. The molecule has 0 heterocycles. The van der Waals surface area contributed by atoms with Crippen molar-refractivity contribution in [2.24, 2.45) is 0 Å². The van der Waals surface area contributed by atoms with Gasteiger partial charge in [-0.2, -0.15) is 0 Å². The summed E-state index contributed by atoms with van der Waals surface area (Å²) in [6.07, 6.45) is 1.55. The van der Waals surface area contributed by atoms with Gasteiger partial charge in [0.1, 0.15) is 5.60 Å². The molecule has 12 heavy (non-hydrogen) atoms. The van der Waals surface area contributed by atoms with Crippen LogP contribution < -0.4 is 0 Å². The van der Waals surface area contributed by atoms with Crippen LogP contribution in [0.4, 0.5) is 0 Å². The van der Waals surface area contributed by atoms with Crippen molar-refractivity contribution < 1.29 is 14.6 Å². The first-order valence-electron chi connectivity index (χ1n) is 4.25. The van der Waals surface area contributed by atoms with Crippen LogP contribution in [0.3, 0.4) is 0 Å². The Morgan fingerprint density at radius 1 is 1.25 bits per heavy atom. The molecular formula is C9H17O3.